The van der Waals surface area contributed by atoms with E-state index < -0.39 is 0 Å². The number of ether oxygens (including phenoxy) is 1. The lowest BCUT2D eigenvalue weighted by Crippen LogP contribution is -2.17. The fourth-order valence-electron chi connectivity index (χ4n) is 2.85. The van der Waals surface area contributed by atoms with E-state index in [-0.39, 0.29) is 18.1 Å². The Labute approximate surface area is 175 Å². The Morgan fingerprint density at radius 3 is 2.79 bits per heavy atom. The van der Waals surface area contributed by atoms with Crippen molar-refractivity contribution < 1.29 is 9.53 Å². The van der Waals surface area contributed by atoms with Crippen LogP contribution < -0.4 is 15.6 Å². The molecular formula is C21H16ClN3O3S. The largest absolute Gasteiger partial charge is 0.486 e. The Bertz CT molecular complexity index is 1250. The van der Waals surface area contributed by atoms with Crippen LogP contribution >= 0.6 is 22.9 Å². The zero-order chi connectivity index (χ0) is 20.4. The second-order valence-corrected chi connectivity index (χ2v) is 7.60. The van der Waals surface area contributed by atoms with Gasteiger partial charge in [-0.15, -0.1) is 11.3 Å². The highest BCUT2D eigenvalue weighted by molar-refractivity contribution is 7.15. The third-order valence-corrected chi connectivity index (χ3v) is 5.40. The topological polar surface area (TPSA) is 72.7 Å². The molecule has 0 saturated carbocycles. The van der Waals surface area contributed by atoms with E-state index in [4.69, 9.17) is 16.3 Å². The van der Waals surface area contributed by atoms with E-state index in [2.05, 4.69) is 10.3 Å². The second-order valence-electron chi connectivity index (χ2n) is 6.33. The molecule has 2 heterocycles. The molecule has 29 heavy (non-hydrogen) atoms. The maximum atomic E-state index is 12.7. The molecule has 1 amide bonds. The number of fused-ring (bicyclic) bond motifs is 1. The van der Waals surface area contributed by atoms with E-state index in [1.54, 1.807) is 34.7 Å². The third kappa shape index (κ3) is 4.16. The number of carbonyl (C=O) groups is 1. The molecule has 4 aromatic rings. The van der Waals surface area contributed by atoms with Crippen molar-refractivity contribution in [3.8, 4) is 5.75 Å². The van der Waals surface area contributed by atoms with Crippen molar-refractivity contribution in [2.75, 3.05) is 5.32 Å². The lowest BCUT2D eigenvalue weighted by atomic mass is 10.1. The second kappa shape index (κ2) is 8.06. The smallest absolute Gasteiger partial charge is 0.259 e. The molecule has 146 valence electrons. The molecule has 0 fully saturated rings. The number of hydrogen-bond acceptors (Lipinski definition) is 5. The molecule has 1 N–H and O–H groups in total. The van der Waals surface area contributed by atoms with Gasteiger partial charge in [-0.05, 0) is 37.3 Å². The number of rotatable bonds is 5. The summed E-state index contributed by atoms with van der Waals surface area (Å²) in [4.78, 5) is 30.1. The van der Waals surface area contributed by atoms with Gasteiger partial charge in [0.1, 0.15) is 12.4 Å². The van der Waals surface area contributed by atoms with Gasteiger partial charge < -0.3 is 10.1 Å². The lowest BCUT2D eigenvalue weighted by Gasteiger charge is -2.12. The number of aromatic nitrogens is 2. The number of nitrogens with one attached hydrogen (secondary N) is 1. The maximum absolute atomic E-state index is 12.7. The first-order chi connectivity index (χ1) is 14.0. The summed E-state index contributed by atoms with van der Waals surface area (Å²) in [6.07, 6.45) is 0. The van der Waals surface area contributed by atoms with Crippen LogP contribution in [0.15, 0.2) is 64.8 Å². The molecule has 0 atom stereocenters. The minimum atomic E-state index is -0.342. The predicted octanol–water partition coefficient (Wildman–Crippen LogP) is 4.55. The predicted molar refractivity (Wildman–Crippen MR) is 114 cm³/mol. The van der Waals surface area contributed by atoms with Crippen LogP contribution in [0, 0.1) is 6.92 Å². The Morgan fingerprint density at radius 1 is 1.21 bits per heavy atom. The Hall–Kier alpha value is -3.16. The summed E-state index contributed by atoms with van der Waals surface area (Å²) in [5.41, 5.74) is 2.13. The molecule has 0 bridgehead atoms. The number of nitrogens with zero attached hydrogens (tertiary/aromatic N) is 2. The number of aryl methyl sites for hydroxylation is 1. The quantitative estimate of drug-likeness (QED) is 0.509. The third-order valence-electron chi connectivity index (χ3n) is 4.22. The standard InChI is InChI=1S/C21H16ClN3O3S/c1-13-12-29-21-24-16(10-19(26)25(13)21)11-28-18-8-7-14(22)9-17(18)20(27)23-15-5-3-2-4-6-15/h2-10,12H,11H2,1H3,(H,23,27). The monoisotopic (exact) mass is 425 g/mol. The number of benzene rings is 2. The molecule has 0 aliphatic heterocycles. The zero-order valence-corrected chi connectivity index (χ0v) is 17.0. The van der Waals surface area contributed by atoms with Crippen LogP contribution in [-0.4, -0.2) is 15.3 Å². The first-order valence-electron chi connectivity index (χ1n) is 8.77. The van der Waals surface area contributed by atoms with Gasteiger partial charge in [-0.25, -0.2) is 4.98 Å². The van der Waals surface area contributed by atoms with Gasteiger partial charge in [-0.3, -0.25) is 14.0 Å². The molecule has 0 spiro atoms. The summed E-state index contributed by atoms with van der Waals surface area (Å²) in [7, 11) is 0. The Kier molecular flexibility index (Phi) is 5.33. The molecule has 2 aromatic carbocycles. The normalized spacial score (nSPS) is 10.8. The van der Waals surface area contributed by atoms with E-state index in [0.29, 0.717) is 32.7 Å². The van der Waals surface area contributed by atoms with Crippen LogP contribution in [-0.2, 0) is 6.61 Å². The minimum absolute atomic E-state index is 0.0515. The van der Waals surface area contributed by atoms with Gasteiger partial charge in [0, 0.05) is 27.9 Å². The molecule has 6 nitrogen and oxygen atoms in total. The SMILES string of the molecule is Cc1csc2nc(COc3ccc(Cl)cc3C(=O)Nc3ccccc3)cc(=O)n12. The van der Waals surface area contributed by atoms with E-state index >= 15 is 0 Å². The van der Waals surface area contributed by atoms with Crippen LogP contribution in [0.5, 0.6) is 5.75 Å². The zero-order valence-electron chi connectivity index (χ0n) is 15.4. The van der Waals surface area contributed by atoms with E-state index in [1.807, 2.05) is 30.5 Å². The Morgan fingerprint density at radius 2 is 2.00 bits per heavy atom. The molecule has 0 radical (unpaired) electrons. The van der Waals surface area contributed by atoms with Crippen molar-refractivity contribution in [1.29, 1.82) is 0 Å². The Balaban J connectivity index is 1.58. The van der Waals surface area contributed by atoms with Crippen molar-refractivity contribution in [2.24, 2.45) is 0 Å². The van der Waals surface area contributed by atoms with Gasteiger partial charge in [-0.1, -0.05) is 29.8 Å². The highest BCUT2D eigenvalue weighted by Crippen LogP contribution is 2.25. The molecule has 4 rings (SSSR count). The van der Waals surface area contributed by atoms with Crippen LogP contribution in [0.4, 0.5) is 5.69 Å². The van der Waals surface area contributed by atoms with Crippen molar-refractivity contribution in [3.63, 3.8) is 0 Å². The average molecular weight is 426 g/mol. The number of carbonyl (C=O) groups excluding carboxylic acids is 1. The average Bonchev–Trinajstić information content (AvgIpc) is 3.09. The maximum Gasteiger partial charge on any atom is 0.259 e. The van der Waals surface area contributed by atoms with Crippen molar-refractivity contribution in [2.45, 2.75) is 13.5 Å². The van der Waals surface area contributed by atoms with Crippen molar-refractivity contribution in [1.82, 2.24) is 9.38 Å². The first-order valence-corrected chi connectivity index (χ1v) is 10.0. The van der Waals surface area contributed by atoms with E-state index in [1.165, 1.54) is 17.4 Å². The van der Waals surface area contributed by atoms with Gasteiger partial charge in [0.2, 0.25) is 0 Å². The van der Waals surface area contributed by atoms with Crippen LogP contribution in [0.3, 0.4) is 0 Å². The number of anilines is 1. The van der Waals surface area contributed by atoms with Gasteiger partial charge in [-0.2, -0.15) is 0 Å². The van der Waals surface area contributed by atoms with Crippen LogP contribution in [0.1, 0.15) is 21.7 Å². The summed E-state index contributed by atoms with van der Waals surface area (Å²) in [5, 5.41) is 5.11. The van der Waals surface area contributed by atoms with Gasteiger partial charge in [0.05, 0.1) is 11.3 Å². The number of para-hydroxylation sites is 1. The summed E-state index contributed by atoms with van der Waals surface area (Å²) < 4.78 is 7.37. The van der Waals surface area contributed by atoms with Gasteiger partial charge in [0.25, 0.3) is 11.5 Å². The lowest BCUT2D eigenvalue weighted by molar-refractivity contribution is 0.102. The number of halogens is 1. The van der Waals surface area contributed by atoms with E-state index in [9.17, 15) is 9.59 Å². The van der Waals surface area contributed by atoms with Crippen LogP contribution in [0.2, 0.25) is 5.02 Å². The van der Waals surface area contributed by atoms with Gasteiger partial charge in [0.15, 0.2) is 4.96 Å². The summed E-state index contributed by atoms with van der Waals surface area (Å²) in [5.74, 6) is 0.0123. The molecule has 0 unspecified atom stereocenters. The summed E-state index contributed by atoms with van der Waals surface area (Å²) in [6.45, 7) is 1.91. The molecule has 0 saturated heterocycles. The number of thiazole rings is 1. The minimum Gasteiger partial charge on any atom is -0.486 e. The molecule has 2 aromatic heterocycles. The van der Waals surface area contributed by atoms with Crippen molar-refractivity contribution in [3.05, 3.63) is 92.3 Å². The summed E-state index contributed by atoms with van der Waals surface area (Å²) in [6, 6.07) is 15.4. The molecule has 0 aliphatic carbocycles. The first kappa shape index (κ1) is 19.2. The highest BCUT2D eigenvalue weighted by Gasteiger charge is 2.15. The molecule has 8 heteroatoms. The van der Waals surface area contributed by atoms with Gasteiger partial charge >= 0.3 is 0 Å². The number of hydrogen-bond donors (Lipinski definition) is 1. The van der Waals surface area contributed by atoms with E-state index in [0.717, 1.165) is 5.69 Å². The highest BCUT2D eigenvalue weighted by atomic mass is 35.5. The fourth-order valence-corrected chi connectivity index (χ4v) is 3.91. The van der Waals surface area contributed by atoms with Crippen molar-refractivity contribution >= 4 is 39.5 Å². The van der Waals surface area contributed by atoms with Crippen LogP contribution in [0.25, 0.3) is 4.96 Å². The summed E-state index contributed by atoms with van der Waals surface area (Å²) >= 11 is 7.47. The fraction of sp³-hybridized carbons (Fsp3) is 0.0952. The number of amides is 1. The molecular weight excluding hydrogens is 410 g/mol. The molecule has 0 aliphatic rings.